The van der Waals surface area contributed by atoms with Gasteiger partial charge in [-0.1, -0.05) is 65.7 Å². The number of ether oxygens (including phenoxy) is 1. The van der Waals surface area contributed by atoms with Gasteiger partial charge in [0.1, 0.15) is 18.3 Å². The zero-order valence-corrected chi connectivity index (χ0v) is 25.7. The molecular weight excluding hydrogens is 594 g/mol. The molecule has 0 heterocycles. The van der Waals surface area contributed by atoms with E-state index in [9.17, 15) is 18.0 Å². The Bertz CT molecular complexity index is 1420. The van der Waals surface area contributed by atoms with Gasteiger partial charge in [-0.25, -0.2) is 8.42 Å². The average molecular weight is 631 g/mol. The molecule has 3 aromatic rings. The van der Waals surface area contributed by atoms with Crippen molar-refractivity contribution in [1.29, 1.82) is 0 Å². The summed E-state index contributed by atoms with van der Waals surface area (Å²) in [5, 5.41) is 2.89. The zero-order chi connectivity index (χ0) is 29.3. The summed E-state index contributed by atoms with van der Waals surface area (Å²) in [7, 11) is -2.73. The summed E-state index contributed by atoms with van der Waals surface area (Å²) in [6, 6.07) is 19.7. The summed E-state index contributed by atoms with van der Waals surface area (Å²) in [5.41, 5.74) is 1.83. The largest absolute Gasteiger partial charge is 0.495 e. The van der Waals surface area contributed by atoms with Crippen molar-refractivity contribution < 1.29 is 22.7 Å². The monoisotopic (exact) mass is 629 g/mol. The number of rotatable bonds is 13. The number of hydrogen-bond acceptors (Lipinski definition) is 5. The third kappa shape index (κ3) is 7.85. The molecule has 2 amide bonds. The third-order valence-electron chi connectivity index (χ3n) is 6.45. The number of sulfonamides is 1. The number of amides is 2. The number of carbonyl (C=O) groups excluding carboxylic acids is 2. The first-order valence-corrected chi connectivity index (χ1v) is 15.4. The van der Waals surface area contributed by atoms with Crippen molar-refractivity contribution in [3.8, 4) is 5.75 Å². The van der Waals surface area contributed by atoms with Gasteiger partial charge < -0.3 is 15.0 Å². The Morgan fingerprint density at radius 3 is 2.40 bits per heavy atom. The van der Waals surface area contributed by atoms with E-state index in [1.165, 1.54) is 24.1 Å². The quantitative estimate of drug-likeness (QED) is 0.259. The highest BCUT2D eigenvalue weighted by molar-refractivity contribution is 9.10. The smallest absolute Gasteiger partial charge is 0.264 e. The van der Waals surface area contributed by atoms with Crippen LogP contribution >= 0.6 is 15.9 Å². The molecule has 40 heavy (non-hydrogen) atoms. The second kappa shape index (κ2) is 14.3. The summed E-state index contributed by atoms with van der Waals surface area (Å²) in [6.07, 6.45) is 1.73. The maximum absolute atomic E-state index is 14.0. The second-order valence-electron chi connectivity index (χ2n) is 9.47. The van der Waals surface area contributed by atoms with Crippen molar-refractivity contribution in [2.45, 2.75) is 51.1 Å². The minimum absolute atomic E-state index is 0.0373. The average Bonchev–Trinajstić information content (AvgIpc) is 2.94. The lowest BCUT2D eigenvalue weighted by Crippen LogP contribution is -2.51. The van der Waals surface area contributed by atoms with Gasteiger partial charge >= 0.3 is 0 Å². The highest BCUT2D eigenvalue weighted by Crippen LogP contribution is 2.33. The fourth-order valence-corrected chi connectivity index (χ4v) is 6.06. The second-order valence-corrected chi connectivity index (χ2v) is 12.3. The van der Waals surface area contributed by atoms with Crippen LogP contribution in [0.5, 0.6) is 5.75 Å². The number of carbonyl (C=O) groups is 2. The van der Waals surface area contributed by atoms with E-state index in [-0.39, 0.29) is 23.0 Å². The molecule has 0 spiro atoms. The first kappa shape index (κ1) is 31.2. The minimum Gasteiger partial charge on any atom is -0.495 e. The van der Waals surface area contributed by atoms with Crippen molar-refractivity contribution in [3.63, 3.8) is 0 Å². The Kier molecular flexibility index (Phi) is 11.2. The molecule has 3 aromatic carbocycles. The number of methoxy groups -OCH3 is 1. The summed E-state index contributed by atoms with van der Waals surface area (Å²) >= 11 is 3.46. The van der Waals surface area contributed by atoms with Crippen LogP contribution in [0.3, 0.4) is 0 Å². The molecule has 3 rings (SSSR count). The van der Waals surface area contributed by atoms with Gasteiger partial charge in [0, 0.05) is 17.6 Å². The molecule has 0 aliphatic carbocycles. The van der Waals surface area contributed by atoms with Crippen LogP contribution < -0.4 is 14.4 Å². The van der Waals surface area contributed by atoms with Crippen LogP contribution in [0.25, 0.3) is 0 Å². The van der Waals surface area contributed by atoms with Gasteiger partial charge in [-0.15, -0.1) is 0 Å². The van der Waals surface area contributed by atoms with Crippen LogP contribution in [0.1, 0.15) is 37.8 Å². The SMILES string of the molecule is CCCCNC(=O)[C@@H](C)N(Cc1cccc(Br)c1)C(=O)CN(c1cc(C)ccc1OC)S(=O)(=O)c1ccccc1. The van der Waals surface area contributed by atoms with Crippen molar-refractivity contribution in [2.75, 3.05) is 24.5 Å². The number of unbranched alkanes of at least 4 members (excludes halogenated alkanes) is 1. The Morgan fingerprint density at radius 1 is 1.02 bits per heavy atom. The number of benzene rings is 3. The van der Waals surface area contributed by atoms with E-state index in [1.54, 1.807) is 43.3 Å². The molecule has 0 saturated carbocycles. The Labute approximate surface area is 245 Å². The van der Waals surface area contributed by atoms with Crippen LogP contribution in [0.15, 0.2) is 82.2 Å². The highest BCUT2D eigenvalue weighted by atomic mass is 79.9. The van der Waals surface area contributed by atoms with E-state index in [0.717, 1.165) is 32.7 Å². The van der Waals surface area contributed by atoms with E-state index < -0.39 is 28.5 Å². The third-order valence-corrected chi connectivity index (χ3v) is 8.72. The van der Waals surface area contributed by atoms with Crippen molar-refractivity contribution in [3.05, 3.63) is 88.4 Å². The number of nitrogens with one attached hydrogen (secondary N) is 1. The van der Waals surface area contributed by atoms with E-state index in [4.69, 9.17) is 4.74 Å². The van der Waals surface area contributed by atoms with E-state index in [0.29, 0.717) is 12.3 Å². The normalized spacial score (nSPS) is 11.9. The summed E-state index contributed by atoms with van der Waals surface area (Å²) in [6.45, 7) is 5.59. The lowest BCUT2D eigenvalue weighted by molar-refractivity contribution is -0.139. The lowest BCUT2D eigenvalue weighted by atomic mass is 10.1. The van der Waals surface area contributed by atoms with Crippen LogP contribution in [-0.2, 0) is 26.2 Å². The summed E-state index contributed by atoms with van der Waals surface area (Å²) in [4.78, 5) is 28.6. The number of hydrogen-bond donors (Lipinski definition) is 1. The van der Waals surface area contributed by atoms with Crippen LogP contribution in [0.2, 0.25) is 0 Å². The maximum atomic E-state index is 14.0. The predicted octanol–water partition coefficient (Wildman–Crippen LogP) is 5.30. The Balaban J connectivity index is 2.06. The topological polar surface area (TPSA) is 96.0 Å². The molecular formula is C30H36BrN3O5S. The lowest BCUT2D eigenvalue weighted by Gasteiger charge is -2.32. The molecule has 0 fully saturated rings. The van der Waals surface area contributed by atoms with Crippen molar-refractivity contribution in [2.24, 2.45) is 0 Å². The summed E-state index contributed by atoms with van der Waals surface area (Å²) < 4.78 is 35.3. The van der Waals surface area contributed by atoms with E-state index in [1.807, 2.05) is 38.1 Å². The first-order chi connectivity index (χ1) is 19.1. The molecule has 0 unspecified atom stereocenters. The van der Waals surface area contributed by atoms with Gasteiger partial charge in [-0.05, 0) is 67.8 Å². The molecule has 10 heteroatoms. The fourth-order valence-electron chi connectivity index (χ4n) is 4.18. The standard InChI is InChI=1S/C30H36BrN3O5S/c1-5-6-17-32-30(36)23(3)33(20-24-11-10-12-25(31)19-24)29(35)21-34(27-18-22(2)15-16-28(27)39-4)40(37,38)26-13-8-7-9-14-26/h7-16,18-19,23H,5-6,17,20-21H2,1-4H3,(H,32,36)/t23-/m1/s1. The van der Waals surface area contributed by atoms with Gasteiger partial charge in [0.25, 0.3) is 10.0 Å². The van der Waals surface area contributed by atoms with Gasteiger partial charge in [-0.3, -0.25) is 13.9 Å². The molecule has 0 saturated heterocycles. The molecule has 0 aromatic heterocycles. The molecule has 0 bridgehead atoms. The maximum Gasteiger partial charge on any atom is 0.264 e. The van der Waals surface area contributed by atoms with Gasteiger partial charge in [-0.2, -0.15) is 0 Å². The van der Waals surface area contributed by atoms with Crippen molar-refractivity contribution in [1.82, 2.24) is 10.2 Å². The predicted molar refractivity (Wildman–Crippen MR) is 161 cm³/mol. The number of nitrogens with zero attached hydrogens (tertiary/aromatic N) is 2. The molecule has 214 valence electrons. The van der Waals surface area contributed by atoms with Crippen LogP contribution in [0, 0.1) is 6.92 Å². The van der Waals surface area contributed by atoms with Gasteiger partial charge in [0.2, 0.25) is 11.8 Å². The molecule has 0 aliphatic rings. The zero-order valence-electron chi connectivity index (χ0n) is 23.3. The number of halogens is 1. The van der Waals surface area contributed by atoms with Gasteiger partial charge in [0.05, 0.1) is 17.7 Å². The first-order valence-electron chi connectivity index (χ1n) is 13.1. The minimum atomic E-state index is -4.18. The molecule has 0 aliphatic heterocycles. The molecule has 0 radical (unpaired) electrons. The van der Waals surface area contributed by atoms with Crippen molar-refractivity contribution >= 4 is 43.5 Å². The molecule has 1 N–H and O–H groups in total. The van der Waals surface area contributed by atoms with Gasteiger partial charge in [0.15, 0.2) is 0 Å². The molecule has 1 atom stereocenters. The summed E-state index contributed by atoms with van der Waals surface area (Å²) in [5.74, 6) is -0.523. The molecule has 8 nitrogen and oxygen atoms in total. The Morgan fingerprint density at radius 2 is 1.75 bits per heavy atom. The number of aryl methyl sites for hydroxylation is 1. The fraction of sp³-hybridized carbons (Fsp3) is 0.333. The van der Waals surface area contributed by atoms with Crippen LogP contribution in [-0.4, -0.2) is 51.4 Å². The van der Waals surface area contributed by atoms with Crippen LogP contribution in [0.4, 0.5) is 5.69 Å². The number of anilines is 1. The van der Waals surface area contributed by atoms with E-state index >= 15 is 0 Å². The van der Waals surface area contributed by atoms with E-state index in [2.05, 4.69) is 21.2 Å². The Hall–Kier alpha value is -3.37. The highest BCUT2D eigenvalue weighted by Gasteiger charge is 2.33.